The first-order valence-electron chi connectivity index (χ1n) is 9.15. The third-order valence-electron chi connectivity index (χ3n) is 4.74. The fraction of sp³-hybridized carbons (Fsp3) is 0.0833. The van der Waals surface area contributed by atoms with Crippen LogP contribution in [0.1, 0.15) is 16.7 Å². The van der Waals surface area contributed by atoms with Crippen LogP contribution in [0.4, 0.5) is 5.69 Å². The van der Waals surface area contributed by atoms with E-state index in [1.54, 1.807) is 24.3 Å². The molecule has 5 heteroatoms. The molecule has 0 N–H and O–H groups in total. The number of hydrogen-bond donors (Lipinski definition) is 0. The molecule has 0 unspecified atom stereocenters. The number of rotatable bonds is 4. The van der Waals surface area contributed by atoms with Crippen molar-refractivity contribution >= 4 is 46.4 Å². The Labute approximate surface area is 179 Å². The molecule has 0 saturated carbocycles. The number of anilines is 1. The molecule has 3 aromatic carbocycles. The molecule has 3 aromatic rings. The Hall–Kier alpha value is -2.82. The van der Waals surface area contributed by atoms with E-state index in [9.17, 15) is 9.59 Å². The molecule has 0 aliphatic carbocycles. The predicted molar refractivity (Wildman–Crippen MR) is 119 cm³/mol. The zero-order valence-electron chi connectivity index (χ0n) is 16.0. The average Bonchev–Trinajstić information content (AvgIpc) is 2.94. The lowest BCUT2D eigenvalue weighted by Gasteiger charge is -2.15. The molecule has 0 spiro atoms. The number of halogens is 1. The van der Waals surface area contributed by atoms with Gasteiger partial charge in [0.05, 0.1) is 16.2 Å². The number of carbonyl (C=O) groups is 2. The molecule has 0 fully saturated rings. The van der Waals surface area contributed by atoms with Crippen molar-refractivity contribution in [2.24, 2.45) is 0 Å². The molecule has 144 valence electrons. The number of imide groups is 1. The number of hydrogen-bond acceptors (Lipinski definition) is 3. The molecule has 0 saturated heterocycles. The highest BCUT2D eigenvalue weighted by Crippen LogP contribution is 2.42. The van der Waals surface area contributed by atoms with E-state index in [4.69, 9.17) is 11.6 Å². The van der Waals surface area contributed by atoms with Crippen LogP contribution >= 0.6 is 23.4 Å². The Balaban J connectivity index is 1.85. The van der Waals surface area contributed by atoms with Crippen molar-refractivity contribution < 1.29 is 9.59 Å². The second-order valence-corrected chi connectivity index (χ2v) is 8.38. The van der Waals surface area contributed by atoms with Crippen molar-refractivity contribution in [2.75, 3.05) is 4.90 Å². The second kappa shape index (κ2) is 7.90. The van der Waals surface area contributed by atoms with Crippen LogP contribution in [0.5, 0.6) is 0 Å². The van der Waals surface area contributed by atoms with Crippen molar-refractivity contribution in [3.63, 3.8) is 0 Å². The molecular formula is C24H18ClNO2S. The van der Waals surface area contributed by atoms with Gasteiger partial charge in [-0.3, -0.25) is 9.59 Å². The van der Waals surface area contributed by atoms with E-state index in [0.29, 0.717) is 21.2 Å². The maximum atomic E-state index is 13.4. The molecule has 0 aromatic heterocycles. The largest absolute Gasteiger partial charge is 0.272 e. The molecular weight excluding hydrogens is 402 g/mol. The zero-order valence-corrected chi connectivity index (χ0v) is 17.6. The number of amides is 2. The number of nitrogens with zero attached hydrogens (tertiary/aromatic N) is 1. The molecule has 3 nitrogen and oxygen atoms in total. The standard InChI is InChI=1S/C24H18ClNO2S/c1-15-8-13-20(16(2)14-15)21-22(29-19-11-9-17(25)10-12-19)24(28)26(23(21)27)18-6-4-3-5-7-18/h3-14H,1-2H3. The lowest BCUT2D eigenvalue weighted by molar-refractivity contribution is -0.119. The number of thioether (sulfide) groups is 1. The van der Waals surface area contributed by atoms with Crippen LogP contribution in [0.25, 0.3) is 5.57 Å². The van der Waals surface area contributed by atoms with Crippen LogP contribution in [-0.4, -0.2) is 11.8 Å². The summed E-state index contributed by atoms with van der Waals surface area (Å²) in [5, 5.41) is 0.623. The van der Waals surface area contributed by atoms with Crippen LogP contribution in [0, 0.1) is 13.8 Å². The van der Waals surface area contributed by atoms with Crippen molar-refractivity contribution in [1.82, 2.24) is 0 Å². The minimum absolute atomic E-state index is 0.301. The Bertz CT molecular complexity index is 1140. The summed E-state index contributed by atoms with van der Waals surface area (Å²) in [5.41, 5.74) is 3.86. The summed E-state index contributed by atoms with van der Waals surface area (Å²) in [6, 6.07) is 22.2. The monoisotopic (exact) mass is 419 g/mol. The van der Waals surface area contributed by atoms with Crippen LogP contribution in [0.2, 0.25) is 5.02 Å². The molecule has 29 heavy (non-hydrogen) atoms. The van der Waals surface area contributed by atoms with Gasteiger partial charge in [0, 0.05) is 9.92 Å². The lowest BCUT2D eigenvalue weighted by Crippen LogP contribution is -2.31. The maximum Gasteiger partial charge on any atom is 0.272 e. The first-order chi connectivity index (χ1) is 14.0. The lowest BCUT2D eigenvalue weighted by atomic mass is 9.99. The molecule has 1 aliphatic heterocycles. The Kier molecular flexibility index (Phi) is 5.31. The minimum Gasteiger partial charge on any atom is -0.268 e. The minimum atomic E-state index is -0.309. The van der Waals surface area contributed by atoms with Gasteiger partial charge in [-0.25, -0.2) is 4.90 Å². The van der Waals surface area contributed by atoms with E-state index >= 15 is 0 Å². The molecule has 1 aliphatic rings. The van der Waals surface area contributed by atoms with E-state index in [0.717, 1.165) is 21.6 Å². The number of para-hydroxylation sites is 1. The molecule has 0 radical (unpaired) electrons. The highest BCUT2D eigenvalue weighted by molar-refractivity contribution is 8.04. The van der Waals surface area contributed by atoms with E-state index in [1.807, 2.05) is 62.4 Å². The summed E-state index contributed by atoms with van der Waals surface area (Å²) < 4.78 is 0. The smallest absolute Gasteiger partial charge is 0.268 e. The third kappa shape index (κ3) is 3.74. The molecule has 4 rings (SSSR count). The number of aryl methyl sites for hydroxylation is 2. The van der Waals surface area contributed by atoms with Crippen molar-refractivity contribution in [3.8, 4) is 0 Å². The van der Waals surface area contributed by atoms with Gasteiger partial charge < -0.3 is 0 Å². The van der Waals surface area contributed by atoms with Gasteiger partial charge in [0.15, 0.2) is 0 Å². The Morgan fingerprint density at radius 1 is 0.828 bits per heavy atom. The van der Waals surface area contributed by atoms with Crippen LogP contribution in [0.15, 0.2) is 82.6 Å². The predicted octanol–water partition coefficient (Wildman–Crippen LogP) is 6.03. The summed E-state index contributed by atoms with van der Waals surface area (Å²) in [7, 11) is 0. The summed E-state index contributed by atoms with van der Waals surface area (Å²) in [4.78, 5) is 29.3. The number of benzene rings is 3. The van der Waals surface area contributed by atoms with Crippen LogP contribution < -0.4 is 4.90 Å². The van der Waals surface area contributed by atoms with Gasteiger partial charge in [0.25, 0.3) is 11.8 Å². The molecule has 0 bridgehead atoms. The zero-order chi connectivity index (χ0) is 20.5. The van der Waals surface area contributed by atoms with E-state index in [-0.39, 0.29) is 11.8 Å². The van der Waals surface area contributed by atoms with Gasteiger partial charge in [0.2, 0.25) is 0 Å². The first-order valence-corrected chi connectivity index (χ1v) is 10.3. The summed E-state index contributed by atoms with van der Waals surface area (Å²) in [5.74, 6) is -0.610. The van der Waals surface area contributed by atoms with E-state index < -0.39 is 0 Å². The van der Waals surface area contributed by atoms with E-state index in [2.05, 4.69) is 0 Å². The highest BCUT2D eigenvalue weighted by atomic mass is 35.5. The summed E-state index contributed by atoms with van der Waals surface area (Å²) in [6.07, 6.45) is 0. The van der Waals surface area contributed by atoms with E-state index in [1.165, 1.54) is 16.7 Å². The summed E-state index contributed by atoms with van der Waals surface area (Å²) in [6.45, 7) is 3.97. The first kappa shape index (κ1) is 19.5. The van der Waals surface area contributed by atoms with Gasteiger partial charge in [-0.1, -0.05) is 65.3 Å². The SMILES string of the molecule is Cc1ccc(C2=C(Sc3ccc(Cl)cc3)C(=O)N(c3ccccc3)C2=O)c(C)c1. The molecule has 2 amide bonds. The fourth-order valence-corrected chi connectivity index (χ4v) is 4.48. The summed E-state index contributed by atoms with van der Waals surface area (Å²) >= 11 is 7.29. The normalized spacial score (nSPS) is 14.1. The quantitative estimate of drug-likeness (QED) is 0.484. The van der Waals surface area contributed by atoms with Gasteiger partial charge >= 0.3 is 0 Å². The third-order valence-corrected chi connectivity index (χ3v) is 6.08. The average molecular weight is 420 g/mol. The van der Waals surface area contributed by atoms with Crippen LogP contribution in [-0.2, 0) is 9.59 Å². The van der Waals surface area contributed by atoms with Gasteiger partial charge in [0.1, 0.15) is 0 Å². The second-order valence-electron chi connectivity index (χ2n) is 6.86. The Morgan fingerprint density at radius 3 is 2.17 bits per heavy atom. The maximum absolute atomic E-state index is 13.4. The highest BCUT2D eigenvalue weighted by Gasteiger charge is 2.40. The van der Waals surface area contributed by atoms with Crippen LogP contribution in [0.3, 0.4) is 0 Å². The molecule has 0 atom stereocenters. The fourth-order valence-electron chi connectivity index (χ4n) is 3.37. The number of carbonyl (C=O) groups excluding carboxylic acids is 2. The Morgan fingerprint density at radius 2 is 1.52 bits per heavy atom. The topological polar surface area (TPSA) is 37.4 Å². The molecule has 1 heterocycles. The van der Waals surface area contributed by atoms with Gasteiger partial charge in [-0.05, 0) is 61.4 Å². The van der Waals surface area contributed by atoms with Crippen molar-refractivity contribution in [1.29, 1.82) is 0 Å². The van der Waals surface area contributed by atoms with Gasteiger partial charge in [-0.2, -0.15) is 0 Å². The van der Waals surface area contributed by atoms with Crippen molar-refractivity contribution in [3.05, 3.63) is 99.4 Å². The van der Waals surface area contributed by atoms with Crippen molar-refractivity contribution in [2.45, 2.75) is 18.7 Å². The van der Waals surface area contributed by atoms with Gasteiger partial charge in [-0.15, -0.1) is 0 Å².